The van der Waals surface area contributed by atoms with Crippen LogP contribution in [-0.4, -0.2) is 35.7 Å². The van der Waals surface area contributed by atoms with Gasteiger partial charge in [0, 0.05) is 31.7 Å². The topological polar surface area (TPSA) is 65.2 Å². The number of hydrogen-bond acceptors (Lipinski definition) is 3. The highest BCUT2D eigenvalue weighted by atomic mass is 19.4. The molecule has 3 rings (SSSR count). The van der Waals surface area contributed by atoms with Crippen LogP contribution in [0.4, 0.5) is 18.0 Å². The van der Waals surface area contributed by atoms with Crippen molar-refractivity contribution in [1.29, 1.82) is 0 Å². The first-order valence-electron chi connectivity index (χ1n) is 9.00. The van der Waals surface area contributed by atoms with Gasteiger partial charge in [-0.15, -0.1) is 0 Å². The standard InChI is InChI=1S/C20H22F3N3O2/c1-28-19(17-4-2-3-11-25-17)9-12-26(13-10-19,18(24)27)14-15-5-7-16(8-6-15)20(21,22)23/h2-8,11H,9-10,12-14H2,1H3,(H-,24,27)/p+1. The number of halogens is 3. The molecule has 8 heteroatoms. The van der Waals surface area contributed by atoms with Crippen LogP contribution in [0.3, 0.4) is 0 Å². The Morgan fingerprint density at radius 3 is 2.29 bits per heavy atom. The molecule has 0 bridgehead atoms. The van der Waals surface area contributed by atoms with E-state index in [4.69, 9.17) is 10.5 Å². The first kappa shape index (κ1) is 20.3. The number of carbonyl (C=O) groups is 1. The second-order valence-corrected chi connectivity index (χ2v) is 7.20. The number of benzene rings is 1. The summed E-state index contributed by atoms with van der Waals surface area (Å²) >= 11 is 0. The third-order valence-electron chi connectivity index (χ3n) is 5.64. The summed E-state index contributed by atoms with van der Waals surface area (Å²) in [5.41, 5.74) is 5.84. The number of alkyl halides is 3. The molecule has 28 heavy (non-hydrogen) atoms. The maximum atomic E-state index is 12.8. The SMILES string of the molecule is COC1(c2ccccn2)CC[N+](Cc2ccc(C(F)(F)F)cc2)(C(N)=O)CC1. The molecule has 2 aromatic rings. The molecular formula is C20H23F3N3O2+. The number of amides is 2. The summed E-state index contributed by atoms with van der Waals surface area (Å²) < 4.78 is 44.1. The molecule has 1 saturated heterocycles. The summed E-state index contributed by atoms with van der Waals surface area (Å²) in [6, 6.07) is 9.98. The summed E-state index contributed by atoms with van der Waals surface area (Å²) in [7, 11) is 1.62. The van der Waals surface area contributed by atoms with Gasteiger partial charge in [-0.3, -0.25) is 4.98 Å². The first-order chi connectivity index (χ1) is 13.2. The Hall–Kier alpha value is -2.45. The Balaban J connectivity index is 1.80. The van der Waals surface area contributed by atoms with E-state index in [0.717, 1.165) is 17.8 Å². The molecule has 150 valence electrons. The van der Waals surface area contributed by atoms with Crippen molar-refractivity contribution in [2.75, 3.05) is 20.2 Å². The molecule has 0 atom stereocenters. The van der Waals surface area contributed by atoms with Crippen molar-refractivity contribution < 1.29 is 27.2 Å². The molecule has 0 unspecified atom stereocenters. The van der Waals surface area contributed by atoms with Crippen LogP contribution < -0.4 is 5.73 Å². The number of quaternary nitrogens is 1. The minimum absolute atomic E-state index is 0.0245. The van der Waals surface area contributed by atoms with E-state index in [2.05, 4.69) is 4.98 Å². The Morgan fingerprint density at radius 2 is 1.82 bits per heavy atom. The molecule has 2 amide bonds. The highest BCUT2D eigenvalue weighted by Gasteiger charge is 2.48. The monoisotopic (exact) mass is 394 g/mol. The number of piperidine rings is 1. The van der Waals surface area contributed by atoms with E-state index in [0.29, 0.717) is 31.5 Å². The van der Waals surface area contributed by atoms with E-state index in [-0.39, 0.29) is 11.0 Å². The van der Waals surface area contributed by atoms with Crippen molar-refractivity contribution in [3.63, 3.8) is 0 Å². The Labute approximate surface area is 161 Å². The number of methoxy groups -OCH3 is 1. The van der Waals surface area contributed by atoms with Crippen molar-refractivity contribution in [3.8, 4) is 0 Å². The van der Waals surface area contributed by atoms with Gasteiger partial charge in [-0.25, -0.2) is 9.28 Å². The molecule has 0 saturated carbocycles. The van der Waals surface area contributed by atoms with Gasteiger partial charge >= 0.3 is 12.2 Å². The van der Waals surface area contributed by atoms with Crippen LogP contribution in [0, 0.1) is 0 Å². The van der Waals surface area contributed by atoms with Crippen molar-refractivity contribution in [3.05, 3.63) is 65.5 Å². The number of hydrogen-bond donors (Lipinski definition) is 1. The van der Waals surface area contributed by atoms with Gasteiger partial charge in [0.1, 0.15) is 12.1 Å². The fraction of sp³-hybridized carbons (Fsp3) is 0.400. The van der Waals surface area contributed by atoms with Crippen molar-refractivity contribution in [2.45, 2.75) is 31.2 Å². The number of carbonyl (C=O) groups excluding carboxylic acids is 1. The van der Waals surface area contributed by atoms with Crippen LogP contribution in [0.5, 0.6) is 0 Å². The Kier molecular flexibility index (Phi) is 5.45. The molecule has 1 aliphatic heterocycles. The molecule has 1 fully saturated rings. The average molecular weight is 394 g/mol. The van der Waals surface area contributed by atoms with Gasteiger partial charge in [-0.2, -0.15) is 13.2 Å². The van der Waals surface area contributed by atoms with E-state index < -0.39 is 23.4 Å². The molecule has 2 N–H and O–H groups in total. The quantitative estimate of drug-likeness (QED) is 0.802. The second-order valence-electron chi connectivity index (χ2n) is 7.20. The number of aromatic nitrogens is 1. The number of nitrogens with zero attached hydrogens (tertiary/aromatic N) is 2. The highest BCUT2D eigenvalue weighted by Crippen LogP contribution is 2.38. The Morgan fingerprint density at radius 1 is 1.18 bits per heavy atom. The van der Waals surface area contributed by atoms with E-state index in [1.807, 2.05) is 18.2 Å². The summed E-state index contributed by atoms with van der Waals surface area (Å²) in [5, 5.41) is 0. The number of urea groups is 1. The lowest BCUT2D eigenvalue weighted by Gasteiger charge is -2.44. The Bertz CT molecular complexity index is 815. The molecule has 1 aromatic heterocycles. The number of likely N-dealkylation sites (tertiary alicyclic amines) is 1. The molecule has 5 nitrogen and oxygen atoms in total. The fourth-order valence-corrected chi connectivity index (χ4v) is 3.83. The molecule has 0 aliphatic carbocycles. The zero-order valence-electron chi connectivity index (χ0n) is 15.6. The predicted octanol–water partition coefficient (Wildman–Crippen LogP) is 3.83. The van der Waals surface area contributed by atoms with E-state index in [1.54, 1.807) is 13.3 Å². The van der Waals surface area contributed by atoms with Crippen LogP contribution in [0.2, 0.25) is 0 Å². The maximum absolute atomic E-state index is 12.8. The third kappa shape index (κ3) is 3.88. The lowest BCUT2D eigenvalue weighted by molar-refractivity contribution is -0.871. The number of ether oxygens (including phenoxy) is 1. The first-order valence-corrected chi connectivity index (χ1v) is 9.00. The minimum Gasteiger partial charge on any atom is -0.371 e. The van der Waals surface area contributed by atoms with Gasteiger partial charge < -0.3 is 10.5 Å². The molecule has 0 radical (unpaired) electrons. The van der Waals surface area contributed by atoms with Crippen molar-refractivity contribution in [2.24, 2.45) is 5.73 Å². The predicted molar refractivity (Wildman–Crippen MR) is 96.9 cm³/mol. The lowest BCUT2D eigenvalue weighted by Crippen LogP contribution is -2.61. The van der Waals surface area contributed by atoms with Crippen molar-refractivity contribution >= 4 is 6.03 Å². The van der Waals surface area contributed by atoms with Crippen LogP contribution >= 0.6 is 0 Å². The summed E-state index contributed by atoms with van der Waals surface area (Å²) in [4.78, 5) is 16.7. The summed E-state index contributed by atoms with van der Waals surface area (Å²) in [5.74, 6) is 0. The minimum atomic E-state index is -4.39. The molecular weight excluding hydrogens is 371 g/mol. The molecule has 1 aliphatic rings. The zero-order valence-corrected chi connectivity index (χ0v) is 15.6. The fourth-order valence-electron chi connectivity index (χ4n) is 3.83. The molecule has 2 heterocycles. The van der Waals surface area contributed by atoms with Gasteiger partial charge in [-0.1, -0.05) is 18.2 Å². The molecule has 1 aromatic carbocycles. The highest BCUT2D eigenvalue weighted by molar-refractivity contribution is 5.64. The van der Waals surface area contributed by atoms with Crippen LogP contribution in [0.25, 0.3) is 0 Å². The van der Waals surface area contributed by atoms with Crippen molar-refractivity contribution in [1.82, 2.24) is 4.98 Å². The number of primary amides is 1. The van der Waals surface area contributed by atoms with Crippen LogP contribution in [0.1, 0.15) is 29.7 Å². The summed E-state index contributed by atoms with van der Waals surface area (Å²) in [6.07, 6.45) is -1.63. The van der Waals surface area contributed by atoms with Gasteiger partial charge in [0.25, 0.3) is 0 Å². The van der Waals surface area contributed by atoms with Gasteiger partial charge in [-0.05, 0) is 24.3 Å². The second kappa shape index (κ2) is 7.52. The largest absolute Gasteiger partial charge is 0.416 e. The lowest BCUT2D eigenvalue weighted by atomic mass is 9.85. The number of pyridine rings is 1. The van der Waals surface area contributed by atoms with Gasteiger partial charge in [0.05, 0.1) is 24.3 Å². The van der Waals surface area contributed by atoms with Gasteiger partial charge in [0.15, 0.2) is 0 Å². The van der Waals surface area contributed by atoms with E-state index >= 15 is 0 Å². The smallest absolute Gasteiger partial charge is 0.371 e. The number of rotatable bonds is 4. The average Bonchev–Trinajstić information content (AvgIpc) is 2.69. The van der Waals surface area contributed by atoms with Crippen LogP contribution in [0.15, 0.2) is 48.7 Å². The third-order valence-corrected chi connectivity index (χ3v) is 5.64. The van der Waals surface area contributed by atoms with E-state index in [9.17, 15) is 18.0 Å². The zero-order chi connectivity index (χ0) is 20.4. The van der Waals surface area contributed by atoms with Crippen LogP contribution in [-0.2, 0) is 23.1 Å². The summed E-state index contributed by atoms with van der Waals surface area (Å²) in [6.45, 7) is 1.08. The normalized spacial score (nSPS) is 25.4. The van der Waals surface area contributed by atoms with E-state index in [1.165, 1.54) is 12.1 Å². The van der Waals surface area contributed by atoms with Gasteiger partial charge in [0.2, 0.25) is 0 Å². The maximum Gasteiger partial charge on any atom is 0.416 e. The number of nitrogens with two attached hydrogens (primary N) is 1. The molecule has 0 spiro atoms.